The van der Waals surface area contributed by atoms with Crippen LogP contribution in [0.5, 0.6) is 0 Å². The molecule has 0 aromatic carbocycles. The molecule has 2 heteroatoms. The Morgan fingerprint density at radius 1 is 1.50 bits per heavy atom. The van der Waals surface area contributed by atoms with Crippen molar-refractivity contribution in [2.24, 2.45) is 0 Å². The molecule has 0 N–H and O–H groups in total. The van der Waals surface area contributed by atoms with Gasteiger partial charge in [-0.2, -0.15) is 0 Å². The lowest BCUT2D eigenvalue weighted by Gasteiger charge is -1.96. The number of allylic oxidation sites excluding steroid dienone is 1. The summed E-state index contributed by atoms with van der Waals surface area (Å²) in [5.74, 6) is -0.192. The first-order valence-corrected chi connectivity index (χ1v) is 3.54. The quantitative estimate of drug-likeness (QED) is 0.430. The highest BCUT2D eigenvalue weighted by Gasteiger charge is 2.24. The second-order valence-electron chi connectivity index (χ2n) is 2.86. The molecule has 0 heterocycles. The summed E-state index contributed by atoms with van der Waals surface area (Å²) in [5.41, 5.74) is 0.991. The van der Waals surface area contributed by atoms with Crippen molar-refractivity contribution in [2.45, 2.75) is 32.8 Å². The van der Waals surface area contributed by atoms with Gasteiger partial charge in [0.2, 0.25) is 0 Å². The largest absolute Gasteiger partial charge is 0.459 e. The fourth-order valence-electron chi connectivity index (χ4n) is 0.620. The molecule has 0 atom stereocenters. The third kappa shape index (κ3) is 2.67. The topological polar surface area (TPSA) is 26.3 Å². The number of hydrogen-bond donors (Lipinski definition) is 0. The summed E-state index contributed by atoms with van der Waals surface area (Å²) in [6, 6.07) is 0. The Bertz CT molecular complexity index is 162. The van der Waals surface area contributed by atoms with Crippen molar-refractivity contribution in [3.05, 3.63) is 11.6 Å². The van der Waals surface area contributed by atoms with Crippen LogP contribution in [0.15, 0.2) is 11.6 Å². The van der Waals surface area contributed by atoms with E-state index in [0.29, 0.717) is 0 Å². The number of carbonyl (C=O) groups is 1. The number of ether oxygens (including phenoxy) is 1. The van der Waals surface area contributed by atoms with E-state index < -0.39 is 0 Å². The second-order valence-corrected chi connectivity index (χ2v) is 2.86. The van der Waals surface area contributed by atoms with E-state index in [1.807, 2.05) is 13.8 Å². The van der Waals surface area contributed by atoms with Crippen molar-refractivity contribution < 1.29 is 9.53 Å². The van der Waals surface area contributed by atoms with E-state index in [2.05, 4.69) is 0 Å². The minimum Gasteiger partial charge on any atom is -0.459 e. The second kappa shape index (κ2) is 2.86. The lowest BCUT2D eigenvalue weighted by molar-refractivity contribution is -0.138. The highest BCUT2D eigenvalue weighted by atomic mass is 16.5. The van der Waals surface area contributed by atoms with Crippen molar-refractivity contribution in [2.75, 3.05) is 0 Å². The summed E-state index contributed by atoms with van der Waals surface area (Å²) in [5, 5.41) is 0. The predicted molar refractivity (Wildman–Crippen MR) is 38.5 cm³/mol. The van der Waals surface area contributed by atoms with Crippen LogP contribution in [-0.2, 0) is 9.53 Å². The smallest absolute Gasteiger partial charge is 0.330 e. The van der Waals surface area contributed by atoms with E-state index in [0.717, 1.165) is 18.4 Å². The fourth-order valence-corrected chi connectivity index (χ4v) is 0.620. The Kier molecular flexibility index (Phi) is 2.10. The first-order valence-electron chi connectivity index (χ1n) is 3.54. The molecule has 0 bridgehead atoms. The molecule has 0 saturated heterocycles. The van der Waals surface area contributed by atoms with Gasteiger partial charge in [0.1, 0.15) is 6.10 Å². The van der Waals surface area contributed by atoms with Crippen molar-refractivity contribution in [3.8, 4) is 0 Å². The Hall–Kier alpha value is -0.790. The van der Waals surface area contributed by atoms with Crippen LogP contribution in [0.4, 0.5) is 0 Å². The van der Waals surface area contributed by atoms with E-state index >= 15 is 0 Å². The van der Waals surface area contributed by atoms with Gasteiger partial charge in [-0.25, -0.2) is 4.79 Å². The predicted octanol–water partition coefficient (Wildman–Crippen LogP) is 1.66. The van der Waals surface area contributed by atoms with Crippen LogP contribution in [0.1, 0.15) is 26.7 Å². The van der Waals surface area contributed by atoms with Crippen LogP contribution in [0.3, 0.4) is 0 Å². The van der Waals surface area contributed by atoms with Gasteiger partial charge < -0.3 is 4.74 Å². The Morgan fingerprint density at radius 3 is 2.50 bits per heavy atom. The molecule has 1 saturated carbocycles. The molecule has 56 valence electrons. The highest BCUT2D eigenvalue weighted by molar-refractivity contribution is 5.82. The zero-order valence-electron chi connectivity index (χ0n) is 6.39. The maximum atomic E-state index is 10.8. The maximum absolute atomic E-state index is 10.8. The van der Waals surface area contributed by atoms with Crippen molar-refractivity contribution in [1.29, 1.82) is 0 Å². The van der Waals surface area contributed by atoms with E-state index in [4.69, 9.17) is 4.74 Å². The van der Waals surface area contributed by atoms with Crippen LogP contribution >= 0.6 is 0 Å². The molecule has 10 heavy (non-hydrogen) atoms. The Labute approximate surface area is 60.9 Å². The van der Waals surface area contributed by atoms with Gasteiger partial charge in [-0.3, -0.25) is 0 Å². The van der Waals surface area contributed by atoms with E-state index in [1.54, 1.807) is 0 Å². The van der Waals surface area contributed by atoms with Gasteiger partial charge in [0, 0.05) is 6.08 Å². The number of rotatable bonds is 2. The fraction of sp³-hybridized carbons (Fsp3) is 0.625. The average molecular weight is 140 g/mol. The van der Waals surface area contributed by atoms with Gasteiger partial charge in [0.05, 0.1) is 0 Å². The summed E-state index contributed by atoms with van der Waals surface area (Å²) in [7, 11) is 0. The average Bonchev–Trinajstić information content (AvgIpc) is 2.46. The molecule has 1 aliphatic carbocycles. The number of hydrogen-bond acceptors (Lipinski definition) is 2. The molecular formula is C8H12O2. The molecule has 0 amide bonds. The zero-order valence-corrected chi connectivity index (χ0v) is 6.39. The van der Waals surface area contributed by atoms with Gasteiger partial charge in [0.15, 0.2) is 0 Å². The third-order valence-electron chi connectivity index (χ3n) is 1.21. The van der Waals surface area contributed by atoms with Crippen LogP contribution in [0.2, 0.25) is 0 Å². The Balaban J connectivity index is 2.26. The first kappa shape index (κ1) is 7.32. The molecule has 2 nitrogen and oxygen atoms in total. The van der Waals surface area contributed by atoms with Gasteiger partial charge in [0.25, 0.3) is 0 Å². The number of carbonyl (C=O) groups excluding carboxylic acids is 1. The van der Waals surface area contributed by atoms with Gasteiger partial charge >= 0.3 is 5.97 Å². The third-order valence-corrected chi connectivity index (χ3v) is 1.21. The van der Waals surface area contributed by atoms with Gasteiger partial charge in [-0.05, 0) is 26.7 Å². The normalized spacial score (nSPS) is 16.2. The summed E-state index contributed by atoms with van der Waals surface area (Å²) in [4.78, 5) is 10.8. The number of esters is 1. The molecule has 1 rings (SSSR count). The molecular weight excluding hydrogens is 128 g/mol. The summed E-state index contributed by atoms with van der Waals surface area (Å²) >= 11 is 0. The van der Waals surface area contributed by atoms with E-state index in [-0.39, 0.29) is 12.1 Å². The molecule has 0 radical (unpaired) electrons. The molecule has 0 aromatic heterocycles. The highest BCUT2D eigenvalue weighted by Crippen LogP contribution is 2.23. The first-order chi connectivity index (χ1) is 4.68. The molecule has 1 aliphatic rings. The zero-order chi connectivity index (χ0) is 7.56. The van der Waals surface area contributed by atoms with E-state index in [9.17, 15) is 4.79 Å². The minimum atomic E-state index is -0.192. The SMILES string of the molecule is CC(C)=CC(=O)OC1CC1. The molecule has 0 aliphatic heterocycles. The molecule has 0 aromatic rings. The summed E-state index contributed by atoms with van der Waals surface area (Å²) < 4.78 is 4.96. The molecule has 0 spiro atoms. The van der Waals surface area contributed by atoms with Crippen LogP contribution in [-0.4, -0.2) is 12.1 Å². The van der Waals surface area contributed by atoms with Crippen molar-refractivity contribution >= 4 is 5.97 Å². The van der Waals surface area contributed by atoms with Crippen molar-refractivity contribution in [1.82, 2.24) is 0 Å². The monoisotopic (exact) mass is 140 g/mol. The maximum Gasteiger partial charge on any atom is 0.330 e. The van der Waals surface area contributed by atoms with Crippen molar-refractivity contribution in [3.63, 3.8) is 0 Å². The van der Waals surface area contributed by atoms with Crippen LogP contribution in [0, 0.1) is 0 Å². The van der Waals surface area contributed by atoms with Crippen LogP contribution in [0.25, 0.3) is 0 Å². The Morgan fingerprint density at radius 2 is 2.10 bits per heavy atom. The van der Waals surface area contributed by atoms with E-state index in [1.165, 1.54) is 6.08 Å². The lowest BCUT2D eigenvalue weighted by Crippen LogP contribution is -2.02. The summed E-state index contributed by atoms with van der Waals surface area (Å²) in [6.45, 7) is 3.77. The minimum absolute atomic E-state index is 0.192. The standard InChI is InChI=1S/C8H12O2/c1-6(2)5-8(9)10-7-3-4-7/h5,7H,3-4H2,1-2H3. The van der Waals surface area contributed by atoms with Gasteiger partial charge in [-0.1, -0.05) is 5.57 Å². The molecule has 1 fully saturated rings. The molecule has 0 unspecified atom stereocenters. The summed E-state index contributed by atoms with van der Waals surface area (Å²) in [6.07, 6.45) is 3.84. The van der Waals surface area contributed by atoms with Crippen LogP contribution < -0.4 is 0 Å². The van der Waals surface area contributed by atoms with Gasteiger partial charge in [-0.15, -0.1) is 0 Å². The lowest BCUT2D eigenvalue weighted by atomic mass is 10.3.